The van der Waals surface area contributed by atoms with Gasteiger partial charge in [-0.25, -0.2) is 9.18 Å². The van der Waals surface area contributed by atoms with Crippen LogP contribution >= 0.6 is 34.7 Å². The molecule has 2 aromatic heterocycles. The molecule has 2 aromatic carbocycles. The Hall–Kier alpha value is -3.02. The van der Waals surface area contributed by atoms with Gasteiger partial charge in [0.05, 0.1) is 26.7 Å². The molecule has 0 atom stereocenters. The molecule has 4 aromatic rings. The van der Waals surface area contributed by atoms with Crippen LogP contribution in [0.1, 0.15) is 15.9 Å². The number of nitrogens with one attached hydrogen (secondary N) is 1. The molecule has 3 N–H and O–H groups in total. The fraction of sp³-hybridized carbons (Fsp3) is 0.0909. The highest BCUT2D eigenvalue weighted by Gasteiger charge is 2.35. The van der Waals surface area contributed by atoms with E-state index < -0.39 is 40.1 Å². The fourth-order valence-electron chi connectivity index (χ4n) is 3.49. The van der Waals surface area contributed by atoms with Crippen molar-refractivity contribution in [2.75, 3.05) is 11.6 Å². The maximum atomic E-state index is 14.7. The van der Waals surface area contributed by atoms with Gasteiger partial charge in [-0.15, -0.1) is 23.1 Å². The number of aromatic nitrogens is 1. The second kappa shape index (κ2) is 8.97. The monoisotopic (exact) mass is 527 g/mol. The predicted octanol–water partition coefficient (Wildman–Crippen LogP) is 7.08. The fourth-order valence-corrected chi connectivity index (χ4v) is 4.99. The van der Waals surface area contributed by atoms with E-state index >= 15 is 0 Å². The molecular weight excluding hydrogens is 514 g/mol. The maximum Gasteiger partial charge on any atom is 0.417 e. The van der Waals surface area contributed by atoms with Gasteiger partial charge in [0, 0.05) is 27.6 Å². The lowest BCUT2D eigenvalue weighted by molar-refractivity contribution is -0.139. The number of thiophene rings is 1. The zero-order valence-corrected chi connectivity index (χ0v) is 19.6. The van der Waals surface area contributed by atoms with Crippen molar-refractivity contribution in [3.8, 4) is 11.1 Å². The summed E-state index contributed by atoms with van der Waals surface area (Å²) in [6.07, 6.45) is -1.90. The summed E-state index contributed by atoms with van der Waals surface area (Å²) in [6, 6.07) is 7.29. The molecule has 0 aliphatic heterocycles. The lowest BCUT2D eigenvalue weighted by Gasteiger charge is -2.13. The molecule has 4 rings (SSSR count). The zero-order chi connectivity index (χ0) is 24.8. The first-order chi connectivity index (χ1) is 16.0. The van der Waals surface area contributed by atoms with Gasteiger partial charge in [0.2, 0.25) is 0 Å². The number of amides is 2. The quantitative estimate of drug-likeness (QED) is 0.220. The van der Waals surface area contributed by atoms with Gasteiger partial charge in [0.15, 0.2) is 5.82 Å². The Morgan fingerprint density at radius 2 is 1.91 bits per heavy atom. The number of hydrogen-bond donors (Lipinski definition) is 2. The van der Waals surface area contributed by atoms with Crippen LogP contribution in [0.4, 0.5) is 27.4 Å². The third-order valence-corrected chi connectivity index (χ3v) is 6.97. The number of nitrogens with two attached hydrogens (primary N) is 1. The number of anilines is 1. The van der Waals surface area contributed by atoms with E-state index in [1.807, 2.05) is 0 Å². The predicted molar refractivity (Wildman–Crippen MR) is 126 cm³/mol. The third kappa shape index (κ3) is 4.26. The summed E-state index contributed by atoms with van der Waals surface area (Å²) in [5.74, 6) is -2.15. The molecule has 5 nitrogen and oxygen atoms in total. The van der Waals surface area contributed by atoms with Crippen LogP contribution in [-0.2, 0) is 6.18 Å². The molecule has 0 saturated heterocycles. The van der Waals surface area contributed by atoms with Crippen molar-refractivity contribution in [3.63, 3.8) is 0 Å². The van der Waals surface area contributed by atoms with Crippen molar-refractivity contribution in [1.82, 2.24) is 4.57 Å². The number of carbonyl (C=O) groups excluding carboxylic acids is 2. The van der Waals surface area contributed by atoms with Crippen LogP contribution in [0.3, 0.4) is 0 Å². The van der Waals surface area contributed by atoms with Crippen molar-refractivity contribution in [2.24, 2.45) is 5.73 Å². The van der Waals surface area contributed by atoms with Crippen LogP contribution in [0, 0.1) is 5.82 Å². The molecule has 0 spiro atoms. The van der Waals surface area contributed by atoms with Crippen molar-refractivity contribution >= 4 is 62.5 Å². The first-order valence-corrected chi connectivity index (χ1v) is 11.9. The van der Waals surface area contributed by atoms with E-state index in [0.29, 0.717) is 5.00 Å². The summed E-state index contributed by atoms with van der Waals surface area (Å²) in [5.41, 5.74) is 4.02. The molecule has 0 aliphatic carbocycles. The minimum atomic E-state index is -4.67. The average Bonchev–Trinajstić information content (AvgIpc) is 3.41. The minimum absolute atomic E-state index is 0.00173. The lowest BCUT2D eigenvalue weighted by atomic mass is 10.0. The summed E-state index contributed by atoms with van der Waals surface area (Å²) < 4.78 is 57.1. The number of fused-ring (bicyclic) bond motifs is 1. The van der Waals surface area contributed by atoms with Crippen molar-refractivity contribution in [3.05, 3.63) is 69.9 Å². The van der Waals surface area contributed by atoms with E-state index in [2.05, 4.69) is 5.32 Å². The molecule has 176 valence electrons. The van der Waals surface area contributed by atoms with E-state index in [4.69, 9.17) is 17.3 Å². The number of thioether (sulfide) groups is 1. The van der Waals surface area contributed by atoms with Crippen LogP contribution in [0.15, 0.2) is 52.9 Å². The van der Waals surface area contributed by atoms with Crippen LogP contribution < -0.4 is 11.1 Å². The van der Waals surface area contributed by atoms with Gasteiger partial charge in [0.1, 0.15) is 0 Å². The van der Waals surface area contributed by atoms with Crippen LogP contribution in [0.2, 0.25) is 5.02 Å². The van der Waals surface area contributed by atoms with Gasteiger partial charge in [-0.3, -0.25) is 14.7 Å². The standard InChI is InChI=1S/C22H14ClF4N3O2S2/c1-33-16-8-15-12(7-14(16)22(25,26)27)13(9-30(15)21(32)29-17-3-2-6-34-17)10-4-5-11(20(28)31)19(24)18(10)23/h2-9H,1H3,(H2,28,31)(H,29,32). The molecule has 12 heteroatoms. The Balaban J connectivity index is 2.00. The summed E-state index contributed by atoms with van der Waals surface area (Å²) in [6.45, 7) is 0. The number of nitrogens with zero attached hydrogens (tertiary/aromatic N) is 1. The molecule has 0 bridgehead atoms. The van der Waals surface area contributed by atoms with Gasteiger partial charge >= 0.3 is 12.2 Å². The molecule has 0 saturated carbocycles. The second-order valence-electron chi connectivity index (χ2n) is 7.04. The Kier molecular flexibility index (Phi) is 6.36. The van der Waals surface area contributed by atoms with Crippen molar-refractivity contribution in [1.29, 1.82) is 0 Å². The molecule has 2 amide bonds. The van der Waals surface area contributed by atoms with Crippen LogP contribution in [0.5, 0.6) is 0 Å². The number of benzene rings is 2. The molecule has 0 unspecified atom stereocenters. The average molecular weight is 528 g/mol. The Morgan fingerprint density at radius 3 is 2.50 bits per heavy atom. The molecule has 34 heavy (non-hydrogen) atoms. The number of hydrogen-bond acceptors (Lipinski definition) is 4. The summed E-state index contributed by atoms with van der Waals surface area (Å²) in [5, 5.41) is 4.47. The van der Waals surface area contributed by atoms with Crippen LogP contribution in [0.25, 0.3) is 22.0 Å². The minimum Gasteiger partial charge on any atom is -0.366 e. The number of carbonyl (C=O) groups is 2. The number of alkyl halides is 3. The topological polar surface area (TPSA) is 77.1 Å². The Bertz CT molecular complexity index is 1430. The summed E-state index contributed by atoms with van der Waals surface area (Å²) >= 11 is 8.29. The number of halogens is 5. The van der Waals surface area contributed by atoms with E-state index in [9.17, 15) is 27.2 Å². The number of primary amides is 1. The first-order valence-electron chi connectivity index (χ1n) is 9.46. The first kappa shape index (κ1) is 24.1. The van der Waals surface area contributed by atoms with Crippen LogP contribution in [-0.4, -0.2) is 22.8 Å². The third-order valence-electron chi connectivity index (χ3n) is 5.04. The highest BCUT2D eigenvalue weighted by molar-refractivity contribution is 7.98. The molecular formula is C22H14ClF4N3O2S2. The Labute approximate surface area is 203 Å². The van der Waals surface area contributed by atoms with E-state index in [1.165, 1.54) is 35.9 Å². The largest absolute Gasteiger partial charge is 0.417 e. The molecule has 2 heterocycles. The lowest BCUT2D eigenvalue weighted by Crippen LogP contribution is -2.18. The summed E-state index contributed by atoms with van der Waals surface area (Å²) in [4.78, 5) is 24.4. The van der Waals surface area contributed by atoms with E-state index in [0.717, 1.165) is 28.5 Å². The van der Waals surface area contributed by atoms with Crippen molar-refractivity contribution < 1.29 is 27.2 Å². The SMILES string of the molecule is CSc1cc2c(cc1C(F)(F)F)c(-c1ccc(C(N)=O)c(F)c1Cl)cn2C(=O)Nc1cccs1. The molecule has 0 radical (unpaired) electrons. The molecule has 0 aliphatic rings. The Morgan fingerprint density at radius 1 is 1.18 bits per heavy atom. The van der Waals surface area contributed by atoms with Gasteiger partial charge in [0.25, 0.3) is 5.91 Å². The highest BCUT2D eigenvalue weighted by atomic mass is 35.5. The summed E-state index contributed by atoms with van der Waals surface area (Å²) in [7, 11) is 0. The smallest absolute Gasteiger partial charge is 0.366 e. The normalized spacial score (nSPS) is 11.7. The van der Waals surface area contributed by atoms with Gasteiger partial charge in [-0.2, -0.15) is 13.2 Å². The van der Waals surface area contributed by atoms with E-state index in [1.54, 1.807) is 17.5 Å². The number of rotatable bonds is 4. The molecule has 0 fully saturated rings. The van der Waals surface area contributed by atoms with Gasteiger partial charge < -0.3 is 5.73 Å². The maximum absolute atomic E-state index is 14.7. The van der Waals surface area contributed by atoms with Gasteiger partial charge in [-0.1, -0.05) is 17.7 Å². The van der Waals surface area contributed by atoms with Gasteiger partial charge in [-0.05, 0) is 42.0 Å². The second-order valence-corrected chi connectivity index (χ2v) is 9.21. The zero-order valence-electron chi connectivity index (χ0n) is 17.2. The highest BCUT2D eigenvalue weighted by Crippen LogP contribution is 2.43. The van der Waals surface area contributed by atoms with Crippen molar-refractivity contribution in [2.45, 2.75) is 11.1 Å². The van der Waals surface area contributed by atoms with E-state index in [-0.39, 0.29) is 26.9 Å².